The van der Waals surface area contributed by atoms with E-state index in [0.29, 0.717) is 23.7 Å². The van der Waals surface area contributed by atoms with Gasteiger partial charge in [0.2, 0.25) is 0 Å². The van der Waals surface area contributed by atoms with Crippen molar-refractivity contribution in [2.45, 2.75) is 61.5 Å². The van der Waals surface area contributed by atoms with Crippen LogP contribution in [0.5, 0.6) is 0 Å². The molecule has 0 bridgehead atoms. The fraction of sp³-hybridized carbons (Fsp3) is 0.486. The molecule has 0 radical (unpaired) electrons. The molecule has 1 aliphatic heterocycles. The average Bonchev–Trinajstić information content (AvgIpc) is 3.54. The van der Waals surface area contributed by atoms with Crippen molar-refractivity contribution in [3.63, 3.8) is 0 Å². The van der Waals surface area contributed by atoms with Crippen LogP contribution in [0.1, 0.15) is 56.9 Å². The van der Waals surface area contributed by atoms with E-state index in [1.165, 1.54) is 32.1 Å². The number of hydrogen-bond donors (Lipinski definition) is 0. The first-order valence-corrected chi connectivity index (χ1v) is 21.4. The number of benzene rings is 1. The van der Waals surface area contributed by atoms with Gasteiger partial charge in [0.25, 0.3) is 0 Å². The minimum atomic E-state index is -0.826. The molecule has 1 aromatic carbocycles. The molecule has 0 saturated heterocycles. The molecule has 1 aromatic rings. The first-order chi connectivity index (χ1) is 18.2. The third kappa shape index (κ3) is 7.04. The monoisotopic (exact) mass is 658 g/mol. The van der Waals surface area contributed by atoms with Crippen LogP contribution in [0, 0.1) is 62.2 Å². The van der Waals surface area contributed by atoms with Crippen molar-refractivity contribution < 1.29 is 20.8 Å². The van der Waals surface area contributed by atoms with Crippen LogP contribution >= 0.6 is 28.8 Å². The van der Waals surface area contributed by atoms with E-state index in [0.717, 1.165) is 41.3 Å². The van der Waals surface area contributed by atoms with Gasteiger partial charge in [0.05, 0.1) is 0 Å². The van der Waals surface area contributed by atoms with Crippen LogP contribution in [-0.2, 0) is 20.8 Å². The van der Waals surface area contributed by atoms with Gasteiger partial charge in [-0.05, 0) is 90.6 Å². The van der Waals surface area contributed by atoms with E-state index in [9.17, 15) is 0 Å². The maximum absolute atomic E-state index is 4.93. The molecule has 0 aromatic heterocycles. The van der Waals surface area contributed by atoms with Crippen LogP contribution in [0.2, 0.25) is 0 Å². The topological polar surface area (TPSA) is 0 Å². The summed E-state index contributed by atoms with van der Waals surface area (Å²) in [5.74, 6) is 6.85. The Morgan fingerprint density at radius 3 is 2.15 bits per heavy atom. The minimum absolute atomic E-state index is 0. The molecule has 2 saturated carbocycles. The van der Waals surface area contributed by atoms with Crippen molar-refractivity contribution in [1.29, 1.82) is 0 Å². The Balaban J connectivity index is 0.000000805. The van der Waals surface area contributed by atoms with Gasteiger partial charge in [0.1, 0.15) is 0 Å². The number of unbranched alkanes of at least 4 members (excludes halogenated alkanes) is 2. The number of hydrogen-bond acceptors (Lipinski definition) is 1. The molecule has 1 heterocycles. The maximum atomic E-state index is 4.93. The van der Waals surface area contributed by atoms with Gasteiger partial charge in [-0.3, -0.25) is 0 Å². The van der Waals surface area contributed by atoms with Crippen LogP contribution in [0.3, 0.4) is 0 Å². The molecule has 6 rings (SSSR count). The molecular formula is C35H46Cl2SZr. The van der Waals surface area contributed by atoms with E-state index in [1.54, 1.807) is 10.5 Å². The molecule has 210 valence electrons. The van der Waals surface area contributed by atoms with Crippen molar-refractivity contribution in [3.8, 4) is 0 Å². The molecular weight excluding hydrogens is 615 g/mol. The Hall–Kier alpha value is -0.267. The Morgan fingerprint density at radius 2 is 1.54 bits per heavy atom. The Morgan fingerprint density at radius 1 is 0.949 bits per heavy atom. The SMILES string of the molecule is C=CCCCCC(CC1C(C)CC2c3ccccc3SC21)C1C2C=CC=CC2C2C=CC=CC21.[CH3-].[CH3-].[Cl][Zr+2][Cl]. The molecule has 0 spiro atoms. The first kappa shape index (κ1) is 33.2. The molecule has 39 heavy (non-hydrogen) atoms. The van der Waals surface area contributed by atoms with Crippen LogP contribution in [0.4, 0.5) is 0 Å². The van der Waals surface area contributed by atoms with Crippen molar-refractivity contribution in [1.82, 2.24) is 0 Å². The van der Waals surface area contributed by atoms with Gasteiger partial charge in [-0.1, -0.05) is 92.6 Å². The second kappa shape index (κ2) is 15.8. The standard InChI is InChI=1S/C33H40S.2CH3.2ClH.Zr/c1-3-4-5-6-13-23(32-27-17-9-7-14-24(27)25-15-8-10-18-28(25)32)21-29-22(2)20-30-26-16-11-12-19-31(26)34-33(29)30;;;;;/h3,7-12,14-19,22-25,27-30,32-33H,1,4-6,13,20-21H2,2H3;2*1H3;2*1H;/q;2*-1;;;+4/p-2. The number of rotatable bonds is 8. The third-order valence-electron chi connectivity index (χ3n) is 9.89. The zero-order chi connectivity index (χ0) is 25.8. The molecule has 9 atom stereocenters. The number of allylic oxidation sites excluding steroid dienone is 9. The second-order valence-corrected chi connectivity index (χ2v) is 16.6. The molecule has 4 aliphatic carbocycles. The summed E-state index contributed by atoms with van der Waals surface area (Å²) >= 11 is 1.39. The van der Waals surface area contributed by atoms with Crippen molar-refractivity contribution >= 4 is 28.8 Å². The molecule has 9 unspecified atom stereocenters. The summed E-state index contributed by atoms with van der Waals surface area (Å²) in [4.78, 5) is 1.57. The number of fused-ring (bicyclic) bond motifs is 6. The molecule has 0 N–H and O–H groups in total. The van der Waals surface area contributed by atoms with E-state index in [1.807, 2.05) is 0 Å². The predicted octanol–water partition coefficient (Wildman–Crippen LogP) is 11.3. The summed E-state index contributed by atoms with van der Waals surface area (Å²) in [7, 11) is 9.87. The van der Waals surface area contributed by atoms with Crippen LogP contribution in [0.25, 0.3) is 0 Å². The molecule has 5 aliphatic rings. The fourth-order valence-corrected chi connectivity index (χ4v) is 10.2. The fourth-order valence-electron chi connectivity index (χ4n) is 8.43. The number of thioether (sulfide) groups is 1. The summed E-state index contributed by atoms with van der Waals surface area (Å²) in [6, 6.07) is 9.28. The van der Waals surface area contributed by atoms with Crippen molar-refractivity contribution in [2.24, 2.45) is 47.3 Å². The van der Waals surface area contributed by atoms with Gasteiger partial charge >= 0.3 is 37.9 Å². The van der Waals surface area contributed by atoms with Gasteiger partial charge in [-0.2, -0.15) is 0 Å². The molecule has 0 amide bonds. The third-order valence-corrected chi connectivity index (χ3v) is 11.5. The van der Waals surface area contributed by atoms with Gasteiger partial charge < -0.3 is 14.9 Å². The Bertz CT molecular complexity index is 1010. The van der Waals surface area contributed by atoms with Gasteiger partial charge in [0, 0.05) is 10.1 Å². The van der Waals surface area contributed by atoms with Crippen LogP contribution in [0.15, 0.2) is 90.4 Å². The quantitative estimate of drug-likeness (QED) is 0.152. The van der Waals surface area contributed by atoms with E-state index in [4.69, 9.17) is 17.0 Å². The van der Waals surface area contributed by atoms with Gasteiger partial charge in [-0.15, -0.1) is 18.3 Å². The Labute approximate surface area is 262 Å². The summed E-state index contributed by atoms with van der Waals surface area (Å²) < 4.78 is 0. The van der Waals surface area contributed by atoms with Crippen LogP contribution < -0.4 is 0 Å². The van der Waals surface area contributed by atoms with Crippen LogP contribution in [-0.4, -0.2) is 5.25 Å². The van der Waals surface area contributed by atoms with Crippen molar-refractivity contribution in [2.75, 3.05) is 0 Å². The zero-order valence-corrected chi connectivity index (χ0v) is 28.7. The normalized spacial score (nSPS) is 34.7. The first-order valence-electron chi connectivity index (χ1n) is 14.2. The Kier molecular flexibility index (Phi) is 13.5. The average molecular weight is 661 g/mol. The summed E-state index contributed by atoms with van der Waals surface area (Å²) in [5, 5.41) is 0.791. The van der Waals surface area contributed by atoms with E-state index >= 15 is 0 Å². The van der Waals surface area contributed by atoms with Crippen molar-refractivity contribution in [3.05, 3.63) is 106 Å². The molecule has 2 fully saturated rings. The van der Waals surface area contributed by atoms with Gasteiger partial charge in [-0.25, -0.2) is 0 Å². The van der Waals surface area contributed by atoms with Gasteiger partial charge in [0.15, 0.2) is 0 Å². The molecule has 0 nitrogen and oxygen atoms in total. The van der Waals surface area contributed by atoms with E-state index < -0.39 is 20.8 Å². The summed E-state index contributed by atoms with van der Waals surface area (Å²) in [5.41, 5.74) is 1.65. The summed E-state index contributed by atoms with van der Waals surface area (Å²) in [6.45, 7) is 6.54. The van der Waals surface area contributed by atoms with E-state index in [2.05, 4.69) is 104 Å². The second-order valence-electron chi connectivity index (χ2n) is 11.7. The van der Waals surface area contributed by atoms with E-state index in [-0.39, 0.29) is 14.9 Å². The number of halogens is 2. The summed E-state index contributed by atoms with van der Waals surface area (Å²) in [6.07, 6.45) is 29.6. The predicted molar refractivity (Wildman–Crippen MR) is 171 cm³/mol. The molecule has 4 heteroatoms. The zero-order valence-electron chi connectivity index (χ0n) is 23.9.